The van der Waals surface area contributed by atoms with E-state index < -0.39 is 24.3 Å². The fraction of sp³-hybridized carbons (Fsp3) is 0.583. The van der Waals surface area contributed by atoms with Gasteiger partial charge in [-0.1, -0.05) is 6.07 Å². The van der Waals surface area contributed by atoms with E-state index in [0.29, 0.717) is 5.41 Å². The SMILES string of the molecule is Cn1cc(CN2CCC3(CC2)COCCN(Cc2cccnc2)C3)cn1.O=C(O)C(F)(F)F.O=C(O)C(F)(F)F. The number of carboxylic acid groups (broad SMARTS) is 2. The summed E-state index contributed by atoms with van der Waals surface area (Å²) in [6.45, 7) is 8.12. The summed E-state index contributed by atoms with van der Waals surface area (Å²) in [6, 6.07) is 4.19. The van der Waals surface area contributed by atoms with Crippen molar-refractivity contribution in [2.24, 2.45) is 12.5 Å². The second-order valence-corrected chi connectivity index (χ2v) is 9.53. The van der Waals surface area contributed by atoms with Crippen molar-refractivity contribution >= 4 is 11.9 Å². The Bertz CT molecular complexity index is 1050. The highest BCUT2D eigenvalue weighted by Gasteiger charge is 2.39. The van der Waals surface area contributed by atoms with E-state index in [0.717, 1.165) is 52.5 Å². The van der Waals surface area contributed by atoms with E-state index in [4.69, 9.17) is 24.5 Å². The predicted octanol–water partition coefficient (Wildman–Crippen LogP) is 3.20. The highest BCUT2D eigenvalue weighted by Crippen LogP contribution is 2.35. The normalized spacial score (nSPS) is 18.1. The molecule has 0 saturated carbocycles. The van der Waals surface area contributed by atoms with Crippen LogP contribution in [0.4, 0.5) is 26.3 Å². The smallest absolute Gasteiger partial charge is 0.475 e. The number of carbonyl (C=O) groups is 2. The number of aromatic nitrogens is 3. The van der Waals surface area contributed by atoms with Crippen molar-refractivity contribution in [2.45, 2.75) is 38.3 Å². The molecule has 1 spiro atoms. The van der Waals surface area contributed by atoms with Crippen LogP contribution in [0.5, 0.6) is 0 Å². The molecular weight excluding hydrogens is 552 g/mol. The third kappa shape index (κ3) is 11.5. The molecule has 2 aliphatic heterocycles. The van der Waals surface area contributed by atoms with E-state index >= 15 is 0 Å². The number of rotatable bonds is 4. The Morgan fingerprint density at radius 3 is 2.00 bits per heavy atom. The van der Waals surface area contributed by atoms with Gasteiger partial charge in [0, 0.05) is 62.8 Å². The van der Waals surface area contributed by atoms with Crippen molar-refractivity contribution in [3.63, 3.8) is 0 Å². The predicted molar refractivity (Wildman–Crippen MR) is 128 cm³/mol. The van der Waals surface area contributed by atoms with Gasteiger partial charge in [0.05, 0.1) is 19.4 Å². The van der Waals surface area contributed by atoms with Gasteiger partial charge in [0.25, 0.3) is 0 Å². The lowest BCUT2D eigenvalue weighted by molar-refractivity contribution is -0.193. The minimum atomic E-state index is -5.08. The molecule has 2 aliphatic rings. The number of pyridine rings is 1. The second-order valence-electron chi connectivity index (χ2n) is 9.53. The molecule has 16 heteroatoms. The minimum Gasteiger partial charge on any atom is -0.475 e. The van der Waals surface area contributed by atoms with Crippen molar-refractivity contribution in [1.82, 2.24) is 24.6 Å². The summed E-state index contributed by atoms with van der Waals surface area (Å²) >= 11 is 0. The molecule has 2 N–H and O–H groups in total. The molecular formula is C24H31F6N5O5. The van der Waals surface area contributed by atoms with Gasteiger partial charge in [0.15, 0.2) is 0 Å². The lowest BCUT2D eigenvalue weighted by Crippen LogP contribution is -2.46. The number of nitrogens with zero attached hydrogens (tertiary/aromatic N) is 5. The molecule has 40 heavy (non-hydrogen) atoms. The summed E-state index contributed by atoms with van der Waals surface area (Å²) in [5.41, 5.74) is 2.89. The topological polar surface area (TPSA) is 121 Å². The number of piperidine rings is 1. The summed E-state index contributed by atoms with van der Waals surface area (Å²) < 4.78 is 71.4. The Balaban J connectivity index is 0.000000333. The first-order chi connectivity index (χ1) is 18.6. The van der Waals surface area contributed by atoms with E-state index in [-0.39, 0.29) is 0 Å². The summed E-state index contributed by atoms with van der Waals surface area (Å²) in [5.74, 6) is -5.51. The maximum Gasteiger partial charge on any atom is 0.490 e. The van der Waals surface area contributed by atoms with Crippen molar-refractivity contribution in [2.75, 3.05) is 39.4 Å². The molecule has 4 heterocycles. The van der Waals surface area contributed by atoms with Crippen LogP contribution in [0, 0.1) is 5.41 Å². The molecule has 2 aromatic rings. The molecule has 4 rings (SSSR count). The summed E-state index contributed by atoms with van der Waals surface area (Å²) in [6.07, 6.45) is 0.167. The molecule has 0 aromatic carbocycles. The number of carboxylic acids is 2. The third-order valence-corrected chi connectivity index (χ3v) is 6.21. The molecule has 0 unspecified atom stereocenters. The Morgan fingerprint density at radius 2 is 1.52 bits per heavy atom. The van der Waals surface area contributed by atoms with Gasteiger partial charge < -0.3 is 14.9 Å². The maximum absolute atomic E-state index is 10.6. The van der Waals surface area contributed by atoms with Gasteiger partial charge in [-0.3, -0.25) is 19.5 Å². The summed E-state index contributed by atoms with van der Waals surface area (Å²) in [7, 11) is 1.98. The first-order valence-corrected chi connectivity index (χ1v) is 12.1. The number of aliphatic carboxylic acids is 2. The standard InChI is InChI=1S/C20H29N5O.2C2HF3O2/c1-23-13-19(12-22-23)15-24-7-4-20(5-8-24)16-25(9-10-26-17-20)14-18-3-2-6-21-11-18;2*3-2(4,5)1(6)7/h2-3,6,11-13H,4-5,7-10,14-17H2,1H3;2*(H,6,7). The average Bonchev–Trinajstić information content (AvgIpc) is 3.17. The van der Waals surface area contributed by atoms with Crippen LogP contribution in [0.2, 0.25) is 0 Å². The van der Waals surface area contributed by atoms with E-state index in [9.17, 15) is 26.3 Å². The highest BCUT2D eigenvalue weighted by atomic mass is 19.4. The highest BCUT2D eigenvalue weighted by molar-refractivity contribution is 5.73. The molecule has 10 nitrogen and oxygen atoms in total. The lowest BCUT2D eigenvalue weighted by Gasteiger charge is -2.42. The van der Waals surface area contributed by atoms with Gasteiger partial charge in [-0.15, -0.1) is 0 Å². The van der Waals surface area contributed by atoms with Gasteiger partial charge in [0.2, 0.25) is 0 Å². The number of likely N-dealkylation sites (tertiary alicyclic amines) is 1. The number of ether oxygens (including phenoxy) is 1. The zero-order valence-electron chi connectivity index (χ0n) is 21.7. The molecule has 0 bridgehead atoms. The van der Waals surface area contributed by atoms with Crippen molar-refractivity contribution in [1.29, 1.82) is 0 Å². The third-order valence-electron chi connectivity index (χ3n) is 6.21. The zero-order chi connectivity index (χ0) is 30.0. The Kier molecular flexibility index (Phi) is 11.9. The number of hydrogen-bond donors (Lipinski definition) is 2. The summed E-state index contributed by atoms with van der Waals surface area (Å²) in [4.78, 5) is 27.2. The first kappa shape index (κ1) is 33.0. The van der Waals surface area contributed by atoms with Gasteiger partial charge in [0.1, 0.15) is 0 Å². The molecule has 0 amide bonds. The lowest BCUT2D eigenvalue weighted by atomic mass is 9.78. The maximum atomic E-state index is 10.6. The van der Waals surface area contributed by atoms with Crippen LogP contribution in [-0.2, 0) is 34.5 Å². The van der Waals surface area contributed by atoms with E-state index in [1.807, 2.05) is 36.4 Å². The van der Waals surface area contributed by atoms with Crippen molar-refractivity contribution < 1.29 is 50.9 Å². The van der Waals surface area contributed by atoms with E-state index in [1.165, 1.54) is 24.0 Å². The van der Waals surface area contributed by atoms with Gasteiger partial charge in [-0.05, 0) is 37.6 Å². The number of aryl methyl sites for hydroxylation is 1. The minimum absolute atomic E-state index is 0.296. The molecule has 0 atom stereocenters. The number of alkyl halides is 6. The molecule has 0 aliphatic carbocycles. The molecule has 0 radical (unpaired) electrons. The number of hydrogen-bond acceptors (Lipinski definition) is 7. The molecule has 2 aromatic heterocycles. The largest absolute Gasteiger partial charge is 0.490 e. The Labute approximate surface area is 226 Å². The van der Waals surface area contributed by atoms with Crippen LogP contribution in [0.1, 0.15) is 24.0 Å². The van der Waals surface area contributed by atoms with E-state index in [1.54, 1.807) is 0 Å². The zero-order valence-corrected chi connectivity index (χ0v) is 21.7. The van der Waals surface area contributed by atoms with Crippen molar-refractivity contribution in [3.05, 3.63) is 48.0 Å². The molecule has 2 fully saturated rings. The van der Waals surface area contributed by atoms with Gasteiger partial charge in [-0.25, -0.2) is 9.59 Å². The molecule has 2 saturated heterocycles. The van der Waals surface area contributed by atoms with Crippen LogP contribution < -0.4 is 0 Å². The fourth-order valence-electron chi connectivity index (χ4n) is 4.27. The summed E-state index contributed by atoms with van der Waals surface area (Å²) in [5, 5.41) is 18.5. The fourth-order valence-corrected chi connectivity index (χ4v) is 4.27. The molecule has 224 valence electrons. The van der Waals surface area contributed by atoms with Crippen LogP contribution >= 0.6 is 0 Å². The van der Waals surface area contributed by atoms with Crippen LogP contribution in [0.3, 0.4) is 0 Å². The quantitative estimate of drug-likeness (QED) is 0.523. The monoisotopic (exact) mass is 583 g/mol. The van der Waals surface area contributed by atoms with Gasteiger partial charge >= 0.3 is 24.3 Å². The van der Waals surface area contributed by atoms with Crippen LogP contribution in [0.25, 0.3) is 0 Å². The second kappa shape index (κ2) is 14.4. The van der Waals surface area contributed by atoms with E-state index in [2.05, 4.69) is 32.1 Å². The average molecular weight is 584 g/mol. The van der Waals surface area contributed by atoms with Crippen molar-refractivity contribution in [3.8, 4) is 0 Å². The Morgan fingerprint density at radius 1 is 0.950 bits per heavy atom. The Hall–Kier alpha value is -3.24. The van der Waals surface area contributed by atoms with Crippen LogP contribution in [-0.4, -0.2) is 98.5 Å². The number of halogens is 6. The van der Waals surface area contributed by atoms with Gasteiger partial charge in [-0.2, -0.15) is 31.4 Å². The van der Waals surface area contributed by atoms with Crippen LogP contribution in [0.15, 0.2) is 36.9 Å². The first-order valence-electron chi connectivity index (χ1n) is 12.1.